The van der Waals surface area contributed by atoms with Crippen molar-refractivity contribution in [3.63, 3.8) is 0 Å². The maximum atomic E-state index is 10.6. The van der Waals surface area contributed by atoms with Crippen molar-refractivity contribution >= 4 is 11.4 Å². The van der Waals surface area contributed by atoms with Crippen LogP contribution in [0, 0.1) is 16.0 Å². The molecule has 1 heterocycles. The smallest absolute Gasteiger partial charge is 0.271 e. The van der Waals surface area contributed by atoms with Crippen molar-refractivity contribution < 1.29 is 9.66 Å². The topological polar surface area (TPSA) is 64.4 Å². The first-order valence-corrected chi connectivity index (χ1v) is 5.77. The van der Waals surface area contributed by atoms with Gasteiger partial charge in [-0.2, -0.15) is 0 Å². The largest absolute Gasteiger partial charge is 0.384 e. The van der Waals surface area contributed by atoms with Gasteiger partial charge in [0.05, 0.1) is 11.0 Å². The van der Waals surface area contributed by atoms with E-state index in [1.54, 1.807) is 12.1 Å². The number of anilines is 1. The molecule has 1 aliphatic heterocycles. The number of non-ortho nitro benzene ring substituents is 1. The molecule has 0 spiro atoms. The van der Waals surface area contributed by atoms with Crippen LogP contribution in [0.5, 0.6) is 0 Å². The third-order valence-electron chi connectivity index (χ3n) is 3.16. The van der Waals surface area contributed by atoms with Gasteiger partial charge in [-0.15, -0.1) is 0 Å². The summed E-state index contributed by atoms with van der Waals surface area (Å²) in [6.07, 6.45) is 1.31. The molecule has 1 N–H and O–H groups in total. The van der Waals surface area contributed by atoms with Crippen LogP contribution in [0.25, 0.3) is 0 Å². The van der Waals surface area contributed by atoms with E-state index in [-0.39, 0.29) is 16.7 Å². The van der Waals surface area contributed by atoms with E-state index in [0.29, 0.717) is 5.92 Å². The zero-order valence-corrected chi connectivity index (χ0v) is 9.76. The molecule has 0 amide bonds. The van der Waals surface area contributed by atoms with Gasteiger partial charge in [-0.1, -0.05) is 6.07 Å². The molecule has 0 bridgehead atoms. The average Bonchev–Trinajstić information content (AvgIpc) is 2.72. The van der Waals surface area contributed by atoms with Gasteiger partial charge >= 0.3 is 0 Å². The number of nitrogens with one attached hydrogen (secondary N) is 1. The molecule has 2 atom stereocenters. The third-order valence-corrected chi connectivity index (χ3v) is 3.16. The molecule has 92 valence electrons. The van der Waals surface area contributed by atoms with E-state index in [1.807, 2.05) is 6.07 Å². The molecule has 5 nitrogen and oxygen atoms in total. The van der Waals surface area contributed by atoms with Crippen LogP contribution in [-0.4, -0.2) is 24.2 Å². The van der Waals surface area contributed by atoms with Crippen molar-refractivity contribution in [1.82, 2.24) is 0 Å². The van der Waals surface area contributed by atoms with Crippen LogP contribution >= 0.6 is 0 Å². The van der Waals surface area contributed by atoms with Crippen molar-refractivity contribution in [2.75, 3.05) is 18.5 Å². The number of nitrogens with zero attached hydrogens (tertiary/aromatic N) is 1. The second kappa shape index (κ2) is 5.14. The number of benzene rings is 1. The first-order valence-electron chi connectivity index (χ1n) is 5.77. The first-order chi connectivity index (χ1) is 8.16. The van der Waals surface area contributed by atoms with E-state index in [1.165, 1.54) is 6.07 Å². The van der Waals surface area contributed by atoms with Gasteiger partial charge in [-0.25, -0.2) is 0 Å². The molecule has 0 radical (unpaired) electrons. The molecule has 5 heteroatoms. The Bertz CT molecular complexity index is 408. The van der Waals surface area contributed by atoms with Crippen LogP contribution in [0.1, 0.15) is 13.3 Å². The van der Waals surface area contributed by atoms with Crippen LogP contribution in [0.3, 0.4) is 0 Å². The summed E-state index contributed by atoms with van der Waals surface area (Å²) in [5.74, 6) is 0.481. The Kier molecular flexibility index (Phi) is 3.58. The minimum atomic E-state index is -0.382. The van der Waals surface area contributed by atoms with Gasteiger partial charge in [-0.3, -0.25) is 10.1 Å². The molecule has 1 fully saturated rings. The number of hydrogen-bond acceptors (Lipinski definition) is 4. The van der Waals surface area contributed by atoms with Gasteiger partial charge in [0.15, 0.2) is 0 Å². The fourth-order valence-corrected chi connectivity index (χ4v) is 2.02. The van der Waals surface area contributed by atoms with E-state index >= 15 is 0 Å². The highest BCUT2D eigenvalue weighted by molar-refractivity contribution is 5.50. The Hall–Kier alpha value is -1.62. The molecule has 1 aromatic rings. The SMILES string of the molecule is CC1OCCC1CNc1cccc([N+](=O)[O-])c1. The lowest BCUT2D eigenvalue weighted by Gasteiger charge is -2.15. The van der Waals surface area contributed by atoms with Gasteiger partial charge < -0.3 is 10.1 Å². The third kappa shape index (κ3) is 2.94. The Balaban J connectivity index is 1.94. The first kappa shape index (κ1) is 11.9. The number of ether oxygens (including phenoxy) is 1. The Labute approximate surface area is 99.9 Å². The predicted molar refractivity (Wildman–Crippen MR) is 65.1 cm³/mol. The van der Waals surface area contributed by atoms with Crippen molar-refractivity contribution in [1.29, 1.82) is 0 Å². The summed E-state index contributed by atoms with van der Waals surface area (Å²) >= 11 is 0. The minimum Gasteiger partial charge on any atom is -0.384 e. The number of nitro groups is 1. The van der Waals surface area contributed by atoms with Crippen LogP contribution in [0.4, 0.5) is 11.4 Å². The summed E-state index contributed by atoms with van der Waals surface area (Å²) in [4.78, 5) is 10.2. The van der Waals surface area contributed by atoms with Gasteiger partial charge in [0.2, 0.25) is 0 Å². The summed E-state index contributed by atoms with van der Waals surface area (Å²) in [5.41, 5.74) is 0.907. The van der Waals surface area contributed by atoms with E-state index in [4.69, 9.17) is 4.74 Å². The average molecular weight is 236 g/mol. The summed E-state index contributed by atoms with van der Waals surface area (Å²) < 4.78 is 5.47. The number of rotatable bonds is 4. The van der Waals surface area contributed by atoms with Gasteiger partial charge in [0.1, 0.15) is 0 Å². The number of nitro benzene ring substituents is 1. The zero-order chi connectivity index (χ0) is 12.3. The maximum absolute atomic E-state index is 10.6. The minimum absolute atomic E-state index is 0.116. The summed E-state index contributed by atoms with van der Waals surface area (Å²) in [6.45, 7) is 3.66. The standard InChI is InChI=1S/C12H16N2O3/c1-9-10(5-6-17-9)8-13-11-3-2-4-12(7-11)14(15)16/h2-4,7,9-10,13H,5-6,8H2,1H3. The maximum Gasteiger partial charge on any atom is 0.271 e. The Morgan fingerprint density at radius 2 is 2.41 bits per heavy atom. The predicted octanol–water partition coefficient (Wildman–Crippen LogP) is 2.43. The van der Waals surface area contributed by atoms with Crippen LogP contribution < -0.4 is 5.32 Å². The summed E-state index contributed by atoms with van der Waals surface area (Å²) in [7, 11) is 0. The molecule has 1 aliphatic rings. The van der Waals surface area contributed by atoms with Gasteiger partial charge in [-0.05, 0) is 19.4 Å². The van der Waals surface area contributed by atoms with Crippen LogP contribution in [-0.2, 0) is 4.74 Å². The van der Waals surface area contributed by atoms with Crippen molar-refractivity contribution in [3.05, 3.63) is 34.4 Å². The second-order valence-electron chi connectivity index (χ2n) is 4.31. The molecule has 0 aromatic heterocycles. The van der Waals surface area contributed by atoms with E-state index in [2.05, 4.69) is 12.2 Å². The fraction of sp³-hybridized carbons (Fsp3) is 0.500. The lowest BCUT2D eigenvalue weighted by Crippen LogP contribution is -2.20. The molecule has 1 aromatic carbocycles. The summed E-state index contributed by atoms with van der Waals surface area (Å²) in [6, 6.07) is 6.58. The van der Waals surface area contributed by atoms with Gasteiger partial charge in [0.25, 0.3) is 5.69 Å². The molecule has 1 saturated heterocycles. The second-order valence-corrected chi connectivity index (χ2v) is 4.31. The molecule has 0 saturated carbocycles. The molecular formula is C12H16N2O3. The van der Waals surface area contributed by atoms with Gasteiger partial charge in [0, 0.05) is 36.9 Å². The number of hydrogen-bond donors (Lipinski definition) is 1. The lowest BCUT2D eigenvalue weighted by atomic mass is 10.0. The van der Waals surface area contributed by atoms with Crippen molar-refractivity contribution in [3.8, 4) is 0 Å². The van der Waals surface area contributed by atoms with E-state index < -0.39 is 0 Å². The molecular weight excluding hydrogens is 220 g/mol. The zero-order valence-electron chi connectivity index (χ0n) is 9.76. The Morgan fingerprint density at radius 3 is 3.06 bits per heavy atom. The van der Waals surface area contributed by atoms with Crippen LogP contribution in [0.15, 0.2) is 24.3 Å². The molecule has 0 aliphatic carbocycles. The highest BCUT2D eigenvalue weighted by Crippen LogP contribution is 2.22. The Morgan fingerprint density at radius 1 is 1.59 bits per heavy atom. The van der Waals surface area contributed by atoms with E-state index in [0.717, 1.165) is 25.3 Å². The lowest BCUT2D eigenvalue weighted by molar-refractivity contribution is -0.384. The monoisotopic (exact) mass is 236 g/mol. The summed E-state index contributed by atoms with van der Waals surface area (Å²) in [5, 5.41) is 13.9. The van der Waals surface area contributed by atoms with Crippen LogP contribution in [0.2, 0.25) is 0 Å². The quantitative estimate of drug-likeness (QED) is 0.644. The fourth-order valence-electron chi connectivity index (χ4n) is 2.02. The normalized spacial score (nSPS) is 23.6. The highest BCUT2D eigenvalue weighted by atomic mass is 16.6. The van der Waals surface area contributed by atoms with E-state index in [9.17, 15) is 10.1 Å². The van der Waals surface area contributed by atoms with Crippen molar-refractivity contribution in [2.24, 2.45) is 5.92 Å². The highest BCUT2D eigenvalue weighted by Gasteiger charge is 2.23. The molecule has 2 rings (SSSR count). The molecule has 2 unspecified atom stereocenters. The molecule has 17 heavy (non-hydrogen) atoms. The van der Waals surface area contributed by atoms with Crippen molar-refractivity contribution in [2.45, 2.75) is 19.4 Å².